The fourth-order valence-electron chi connectivity index (χ4n) is 3.17. The third kappa shape index (κ3) is 4.89. The highest BCUT2D eigenvalue weighted by molar-refractivity contribution is 7.92. The molecule has 13 heteroatoms. The number of sulfone groups is 1. The lowest BCUT2D eigenvalue weighted by Gasteiger charge is -2.11. The van der Waals surface area contributed by atoms with Crippen molar-refractivity contribution in [3.8, 4) is 0 Å². The number of aromatic nitrogens is 3. The molecule has 1 aliphatic rings. The van der Waals surface area contributed by atoms with Crippen LogP contribution in [-0.2, 0) is 31.4 Å². The Kier molecular flexibility index (Phi) is 5.84. The molecule has 32 heavy (non-hydrogen) atoms. The third-order valence-corrected chi connectivity index (χ3v) is 7.78. The Bertz CT molecular complexity index is 1340. The van der Waals surface area contributed by atoms with E-state index in [2.05, 4.69) is 25.4 Å². The van der Waals surface area contributed by atoms with Gasteiger partial charge >= 0.3 is 0 Å². The van der Waals surface area contributed by atoms with E-state index in [0.29, 0.717) is 11.4 Å². The van der Waals surface area contributed by atoms with Crippen molar-refractivity contribution in [2.24, 2.45) is 5.10 Å². The lowest BCUT2D eigenvalue weighted by molar-refractivity contribution is 0.564. The molecular weight excluding hydrogens is 454 g/mol. The number of para-hydroxylation sites is 1. The summed E-state index contributed by atoms with van der Waals surface area (Å²) in [5, 5.41) is 10.8. The highest BCUT2D eigenvalue weighted by Gasteiger charge is 2.33. The second-order valence-corrected chi connectivity index (χ2v) is 11.1. The first-order valence-electron chi connectivity index (χ1n) is 9.56. The van der Waals surface area contributed by atoms with Gasteiger partial charge in [0.2, 0.25) is 10.0 Å². The van der Waals surface area contributed by atoms with Crippen LogP contribution < -0.4 is 16.0 Å². The molecule has 1 atom stereocenters. The van der Waals surface area contributed by atoms with E-state index in [-0.39, 0.29) is 18.1 Å². The molecule has 0 aliphatic carbocycles. The maximum atomic E-state index is 12.9. The molecule has 0 saturated carbocycles. The zero-order chi connectivity index (χ0) is 22.8. The molecule has 0 saturated heterocycles. The topological polar surface area (TPSA) is 161 Å². The first-order valence-corrected chi connectivity index (χ1v) is 12.9. The van der Waals surface area contributed by atoms with Crippen LogP contribution in [0.4, 0.5) is 5.69 Å². The number of hydrogen-bond acceptors (Lipinski definition) is 9. The Morgan fingerprint density at radius 3 is 2.19 bits per heavy atom. The number of nitrogens with one attached hydrogen (secondary N) is 2. The number of hydrazone groups is 1. The largest absolute Gasteiger partial charge is 0.336 e. The highest BCUT2D eigenvalue weighted by Crippen LogP contribution is 2.19. The maximum absolute atomic E-state index is 12.9. The molecule has 1 aromatic heterocycles. The zero-order valence-corrected chi connectivity index (χ0v) is 18.4. The first kappa shape index (κ1) is 21.8. The molecule has 0 bridgehead atoms. The summed E-state index contributed by atoms with van der Waals surface area (Å²) in [4.78, 5) is 0. The molecule has 1 aliphatic heterocycles. The maximum Gasteiger partial charge on any atom is 0.240 e. The molecule has 0 amide bonds. The number of sulfonamides is 1. The van der Waals surface area contributed by atoms with Crippen molar-refractivity contribution in [3.05, 3.63) is 77.9 Å². The van der Waals surface area contributed by atoms with Crippen molar-refractivity contribution in [2.45, 2.75) is 23.3 Å². The quantitative estimate of drug-likeness (QED) is 0.398. The lowest BCUT2D eigenvalue weighted by Crippen LogP contribution is -2.32. The monoisotopic (exact) mass is 475 g/mol. The molecule has 3 aromatic rings. The molecule has 168 valence electrons. The van der Waals surface area contributed by atoms with Gasteiger partial charge in [-0.05, 0) is 17.7 Å². The van der Waals surface area contributed by atoms with Gasteiger partial charge in [0, 0.05) is 12.1 Å². The number of anilines is 1. The van der Waals surface area contributed by atoms with Crippen LogP contribution in [0.2, 0.25) is 0 Å². The Balaban J connectivity index is 1.43. The van der Waals surface area contributed by atoms with Gasteiger partial charge in [-0.15, -0.1) is 10.2 Å². The van der Waals surface area contributed by atoms with E-state index in [1.807, 2.05) is 30.3 Å². The van der Waals surface area contributed by atoms with Crippen LogP contribution in [0.25, 0.3) is 0 Å². The standard InChI is InChI=1S/C19H21N7O4S2/c20-26-17(22-23-18(26)13-32(29,30)25-15-9-5-2-6-10-15)12-31(27,28)19-11-16(21-24-19)14-7-3-1-4-8-14/h1-10,19,24-25H,11-13,20H2. The van der Waals surface area contributed by atoms with Crippen LogP contribution >= 0.6 is 0 Å². The molecule has 11 nitrogen and oxygen atoms in total. The average Bonchev–Trinajstić information content (AvgIpc) is 3.38. The molecule has 4 N–H and O–H groups in total. The number of benzene rings is 2. The number of rotatable bonds is 8. The Labute approximate surface area is 185 Å². The number of nitrogen functional groups attached to an aromatic ring is 1. The molecule has 0 spiro atoms. The van der Waals surface area contributed by atoms with Gasteiger partial charge in [0.05, 0.1) is 5.71 Å². The molecule has 1 unspecified atom stereocenters. The Hall–Kier alpha value is -3.45. The molecule has 0 fully saturated rings. The first-order chi connectivity index (χ1) is 15.2. The summed E-state index contributed by atoms with van der Waals surface area (Å²) >= 11 is 0. The average molecular weight is 476 g/mol. The van der Waals surface area contributed by atoms with E-state index in [1.165, 1.54) is 0 Å². The van der Waals surface area contributed by atoms with Crippen LogP contribution in [0, 0.1) is 0 Å². The van der Waals surface area contributed by atoms with E-state index >= 15 is 0 Å². The van der Waals surface area contributed by atoms with Crippen LogP contribution in [0.3, 0.4) is 0 Å². The summed E-state index contributed by atoms with van der Waals surface area (Å²) in [6, 6.07) is 17.6. The van der Waals surface area contributed by atoms with Gasteiger partial charge in [-0.1, -0.05) is 48.5 Å². The van der Waals surface area contributed by atoms with E-state index in [1.54, 1.807) is 30.3 Å². The minimum atomic E-state index is -3.83. The zero-order valence-electron chi connectivity index (χ0n) is 16.8. The summed E-state index contributed by atoms with van der Waals surface area (Å²) in [6.45, 7) is 0. The number of hydrogen-bond donors (Lipinski definition) is 3. The number of nitrogens with two attached hydrogens (primary N) is 1. The predicted molar refractivity (Wildman–Crippen MR) is 120 cm³/mol. The van der Waals surface area contributed by atoms with Crippen molar-refractivity contribution in [2.75, 3.05) is 10.6 Å². The third-order valence-electron chi connectivity index (χ3n) is 4.80. The second kappa shape index (κ2) is 8.59. The van der Waals surface area contributed by atoms with Gasteiger partial charge in [0.25, 0.3) is 0 Å². The Morgan fingerprint density at radius 1 is 0.938 bits per heavy atom. The fraction of sp³-hybridized carbons (Fsp3) is 0.211. The summed E-state index contributed by atoms with van der Waals surface area (Å²) in [6.07, 6.45) is 0.188. The number of nitrogens with zero attached hydrogens (tertiary/aromatic N) is 4. The Morgan fingerprint density at radius 2 is 1.53 bits per heavy atom. The fourth-order valence-corrected chi connectivity index (χ4v) is 5.65. The molecule has 2 aromatic carbocycles. The smallest absolute Gasteiger partial charge is 0.240 e. The summed E-state index contributed by atoms with van der Waals surface area (Å²) < 4.78 is 53.8. The molecular formula is C19H21N7O4S2. The van der Waals surface area contributed by atoms with E-state index in [4.69, 9.17) is 5.84 Å². The van der Waals surface area contributed by atoms with Gasteiger partial charge in [-0.25, -0.2) is 21.5 Å². The van der Waals surface area contributed by atoms with Crippen molar-refractivity contribution in [3.63, 3.8) is 0 Å². The molecule has 4 rings (SSSR count). The van der Waals surface area contributed by atoms with Gasteiger partial charge in [-0.3, -0.25) is 10.1 Å². The summed E-state index contributed by atoms with van der Waals surface area (Å²) in [5.74, 6) is 4.69. The van der Waals surface area contributed by atoms with E-state index < -0.39 is 36.7 Å². The molecule has 0 radical (unpaired) electrons. The van der Waals surface area contributed by atoms with Crippen molar-refractivity contribution >= 4 is 31.3 Å². The van der Waals surface area contributed by atoms with E-state index in [0.717, 1.165) is 10.2 Å². The molecule has 2 heterocycles. The predicted octanol–water partition coefficient (Wildman–Crippen LogP) is 0.572. The van der Waals surface area contributed by atoms with Crippen LogP contribution in [0.5, 0.6) is 0 Å². The van der Waals surface area contributed by atoms with E-state index in [9.17, 15) is 16.8 Å². The second-order valence-electron chi connectivity index (χ2n) is 7.18. The van der Waals surface area contributed by atoms with Crippen LogP contribution in [-0.4, -0.2) is 42.8 Å². The normalized spacial score (nSPS) is 16.4. The summed E-state index contributed by atoms with van der Waals surface area (Å²) in [7, 11) is -7.58. The minimum absolute atomic E-state index is 0.0649. The van der Waals surface area contributed by atoms with Crippen molar-refractivity contribution < 1.29 is 16.8 Å². The SMILES string of the molecule is Nn1c(CS(=O)(=O)Nc2ccccc2)nnc1CS(=O)(=O)C1CC(c2ccccc2)=NN1. The minimum Gasteiger partial charge on any atom is -0.336 e. The lowest BCUT2D eigenvalue weighted by atomic mass is 10.1. The summed E-state index contributed by atoms with van der Waals surface area (Å²) in [5.41, 5.74) is 4.51. The van der Waals surface area contributed by atoms with Crippen molar-refractivity contribution in [1.29, 1.82) is 0 Å². The van der Waals surface area contributed by atoms with Crippen molar-refractivity contribution in [1.82, 2.24) is 20.3 Å². The van der Waals surface area contributed by atoms with Gasteiger partial charge in [0.15, 0.2) is 26.9 Å². The van der Waals surface area contributed by atoms with Gasteiger partial charge in [0.1, 0.15) is 11.5 Å². The van der Waals surface area contributed by atoms with Crippen LogP contribution in [0.1, 0.15) is 23.6 Å². The van der Waals surface area contributed by atoms with Gasteiger partial charge < -0.3 is 5.84 Å². The highest BCUT2D eigenvalue weighted by atomic mass is 32.2. The van der Waals surface area contributed by atoms with Gasteiger partial charge in [-0.2, -0.15) is 5.10 Å². The van der Waals surface area contributed by atoms with Crippen LogP contribution in [0.15, 0.2) is 65.8 Å².